The third-order valence-corrected chi connectivity index (χ3v) is 6.61. The number of amides is 2. The van der Waals surface area contributed by atoms with Crippen molar-refractivity contribution in [2.75, 3.05) is 19.6 Å². The normalized spacial score (nSPS) is 20.4. The van der Waals surface area contributed by atoms with Gasteiger partial charge in [-0.2, -0.15) is 0 Å². The van der Waals surface area contributed by atoms with Crippen molar-refractivity contribution in [1.29, 1.82) is 0 Å². The summed E-state index contributed by atoms with van der Waals surface area (Å²) in [4.78, 5) is 34.8. The van der Waals surface area contributed by atoms with Crippen LogP contribution in [-0.4, -0.2) is 52.3 Å². The molecule has 1 aromatic heterocycles. The van der Waals surface area contributed by atoms with Gasteiger partial charge in [-0.15, -0.1) is 0 Å². The van der Waals surface area contributed by atoms with Crippen molar-refractivity contribution < 1.29 is 9.59 Å². The second kappa shape index (κ2) is 9.41. The molecule has 2 heterocycles. The van der Waals surface area contributed by atoms with Gasteiger partial charge in [0.05, 0.1) is 0 Å². The van der Waals surface area contributed by atoms with Crippen LogP contribution in [0.5, 0.6) is 0 Å². The number of piperazine rings is 1. The molecule has 0 spiro atoms. The number of hydrogen-bond acceptors (Lipinski definition) is 3. The average molecular weight is 406 g/mol. The van der Waals surface area contributed by atoms with Crippen molar-refractivity contribution in [2.45, 2.75) is 51.5 Å². The van der Waals surface area contributed by atoms with Gasteiger partial charge in [-0.1, -0.05) is 49.6 Å². The first kappa shape index (κ1) is 20.6. The molecule has 4 rings (SSSR count). The quantitative estimate of drug-likeness (QED) is 0.757. The monoisotopic (exact) mass is 405 g/mol. The molecular formula is C25H31N3O2. The van der Waals surface area contributed by atoms with Gasteiger partial charge in [0.1, 0.15) is 6.04 Å². The van der Waals surface area contributed by atoms with Gasteiger partial charge < -0.3 is 9.80 Å². The van der Waals surface area contributed by atoms with E-state index in [2.05, 4.69) is 17.1 Å². The van der Waals surface area contributed by atoms with Crippen molar-refractivity contribution in [3.63, 3.8) is 0 Å². The molecule has 1 saturated heterocycles. The zero-order valence-corrected chi connectivity index (χ0v) is 17.8. The van der Waals surface area contributed by atoms with Gasteiger partial charge in [0, 0.05) is 49.9 Å². The molecule has 1 saturated carbocycles. The van der Waals surface area contributed by atoms with Crippen LogP contribution in [-0.2, 0) is 16.0 Å². The Morgan fingerprint density at radius 2 is 1.87 bits per heavy atom. The van der Waals surface area contributed by atoms with E-state index in [0.717, 1.165) is 42.4 Å². The highest BCUT2D eigenvalue weighted by molar-refractivity contribution is 5.90. The minimum absolute atomic E-state index is 0.0777. The molecule has 0 radical (unpaired) electrons. The first-order valence-corrected chi connectivity index (χ1v) is 11.3. The molecule has 1 aromatic carbocycles. The number of rotatable bonds is 5. The van der Waals surface area contributed by atoms with Crippen molar-refractivity contribution in [1.82, 2.24) is 14.8 Å². The standard InChI is InChI=1S/C25H31N3O2/c1-2-27-15-16-28(24(29)19-9-4-3-5-10-19)23(25(27)30)17-20-11-6-7-13-22(20)21-12-8-14-26-18-21/h6-8,11-14,18-19,23H,2-5,9-10,15-17H2,1H3/t23-/m0/s1. The predicted molar refractivity (Wildman–Crippen MR) is 118 cm³/mol. The maximum atomic E-state index is 13.4. The Labute approximate surface area is 179 Å². The highest BCUT2D eigenvalue weighted by Gasteiger charge is 2.39. The Balaban J connectivity index is 1.63. The second-order valence-corrected chi connectivity index (χ2v) is 8.40. The minimum atomic E-state index is -0.425. The SMILES string of the molecule is CCN1CCN(C(=O)C2CCCCC2)[C@@H](Cc2ccccc2-c2cccnc2)C1=O. The molecule has 0 unspecified atom stereocenters. The third-order valence-electron chi connectivity index (χ3n) is 6.61. The molecule has 0 bridgehead atoms. The highest BCUT2D eigenvalue weighted by atomic mass is 16.2. The van der Waals surface area contributed by atoms with E-state index in [1.165, 1.54) is 6.42 Å². The van der Waals surface area contributed by atoms with E-state index >= 15 is 0 Å². The van der Waals surface area contributed by atoms with Crippen molar-refractivity contribution >= 4 is 11.8 Å². The van der Waals surface area contributed by atoms with Gasteiger partial charge in [0.25, 0.3) is 0 Å². The Morgan fingerprint density at radius 1 is 1.07 bits per heavy atom. The predicted octanol–water partition coefficient (Wildman–Crippen LogP) is 3.93. The molecule has 1 aliphatic heterocycles. The van der Waals surface area contributed by atoms with Crippen molar-refractivity contribution in [2.24, 2.45) is 5.92 Å². The van der Waals surface area contributed by atoms with E-state index < -0.39 is 6.04 Å². The van der Waals surface area contributed by atoms with Crippen LogP contribution in [0.3, 0.4) is 0 Å². The summed E-state index contributed by atoms with van der Waals surface area (Å²) in [6, 6.07) is 11.7. The smallest absolute Gasteiger partial charge is 0.245 e. The van der Waals surface area contributed by atoms with E-state index in [0.29, 0.717) is 26.1 Å². The summed E-state index contributed by atoms with van der Waals surface area (Å²) in [5.41, 5.74) is 3.20. The summed E-state index contributed by atoms with van der Waals surface area (Å²) in [5.74, 6) is 0.340. The molecule has 1 aliphatic carbocycles. The Hall–Kier alpha value is -2.69. The number of hydrogen-bond donors (Lipinski definition) is 0. The molecule has 158 valence electrons. The van der Waals surface area contributed by atoms with E-state index in [1.807, 2.05) is 47.2 Å². The molecule has 5 heteroatoms. The van der Waals surface area contributed by atoms with Crippen LogP contribution in [0.25, 0.3) is 11.1 Å². The maximum Gasteiger partial charge on any atom is 0.245 e. The minimum Gasteiger partial charge on any atom is -0.339 e. The summed E-state index contributed by atoms with van der Waals surface area (Å²) in [5, 5.41) is 0. The number of nitrogens with zero attached hydrogens (tertiary/aromatic N) is 3. The Bertz CT molecular complexity index is 877. The van der Waals surface area contributed by atoms with Crippen LogP contribution in [0.2, 0.25) is 0 Å². The molecule has 2 fully saturated rings. The highest BCUT2D eigenvalue weighted by Crippen LogP contribution is 2.30. The molecule has 2 amide bonds. The third kappa shape index (κ3) is 4.25. The Morgan fingerprint density at radius 3 is 2.60 bits per heavy atom. The van der Waals surface area contributed by atoms with E-state index in [1.54, 1.807) is 6.20 Å². The van der Waals surface area contributed by atoms with Gasteiger partial charge in [-0.05, 0) is 37.0 Å². The molecule has 2 aromatic rings. The van der Waals surface area contributed by atoms with Crippen molar-refractivity contribution in [3.8, 4) is 11.1 Å². The fourth-order valence-electron chi connectivity index (χ4n) is 4.91. The summed E-state index contributed by atoms with van der Waals surface area (Å²) in [7, 11) is 0. The lowest BCUT2D eigenvalue weighted by Gasteiger charge is -2.42. The van der Waals surface area contributed by atoms with Gasteiger partial charge in [0.15, 0.2) is 0 Å². The van der Waals surface area contributed by atoms with Crippen LogP contribution < -0.4 is 0 Å². The van der Waals surface area contributed by atoms with Gasteiger partial charge in [-0.3, -0.25) is 14.6 Å². The number of aromatic nitrogens is 1. The largest absolute Gasteiger partial charge is 0.339 e. The molecule has 5 nitrogen and oxygen atoms in total. The van der Waals surface area contributed by atoms with Gasteiger partial charge in [-0.25, -0.2) is 0 Å². The molecule has 0 N–H and O–H groups in total. The van der Waals surface area contributed by atoms with Crippen LogP contribution >= 0.6 is 0 Å². The summed E-state index contributed by atoms with van der Waals surface area (Å²) in [6.07, 6.45) is 9.53. The van der Waals surface area contributed by atoms with Gasteiger partial charge >= 0.3 is 0 Å². The zero-order valence-electron chi connectivity index (χ0n) is 17.8. The number of benzene rings is 1. The van der Waals surface area contributed by atoms with Crippen LogP contribution in [0.1, 0.15) is 44.6 Å². The summed E-state index contributed by atoms with van der Waals surface area (Å²) in [6.45, 7) is 3.96. The molecule has 30 heavy (non-hydrogen) atoms. The summed E-state index contributed by atoms with van der Waals surface area (Å²) >= 11 is 0. The topological polar surface area (TPSA) is 53.5 Å². The maximum absolute atomic E-state index is 13.4. The van der Waals surface area contributed by atoms with E-state index in [9.17, 15) is 9.59 Å². The van der Waals surface area contributed by atoms with E-state index in [4.69, 9.17) is 0 Å². The van der Waals surface area contributed by atoms with Crippen LogP contribution in [0, 0.1) is 5.92 Å². The zero-order chi connectivity index (χ0) is 20.9. The molecular weight excluding hydrogens is 374 g/mol. The van der Waals surface area contributed by atoms with E-state index in [-0.39, 0.29) is 17.7 Å². The Kier molecular flexibility index (Phi) is 6.46. The number of carbonyl (C=O) groups excluding carboxylic acids is 2. The van der Waals surface area contributed by atoms with Crippen molar-refractivity contribution in [3.05, 3.63) is 54.4 Å². The lowest BCUT2D eigenvalue weighted by molar-refractivity contribution is -0.154. The molecule has 1 atom stereocenters. The number of carbonyl (C=O) groups is 2. The second-order valence-electron chi connectivity index (χ2n) is 8.40. The lowest BCUT2D eigenvalue weighted by atomic mass is 9.87. The first-order chi connectivity index (χ1) is 14.7. The summed E-state index contributed by atoms with van der Waals surface area (Å²) < 4.78 is 0. The average Bonchev–Trinajstić information content (AvgIpc) is 2.81. The fourth-order valence-corrected chi connectivity index (χ4v) is 4.91. The fraction of sp³-hybridized carbons (Fsp3) is 0.480. The lowest BCUT2D eigenvalue weighted by Crippen LogP contribution is -2.60. The number of pyridine rings is 1. The molecule has 2 aliphatic rings. The first-order valence-electron chi connectivity index (χ1n) is 11.3. The van der Waals surface area contributed by atoms with Gasteiger partial charge in [0.2, 0.25) is 11.8 Å². The van der Waals surface area contributed by atoms with Crippen LogP contribution in [0.15, 0.2) is 48.8 Å². The van der Waals surface area contributed by atoms with Crippen LogP contribution in [0.4, 0.5) is 0 Å². The number of likely N-dealkylation sites (N-methyl/N-ethyl adjacent to an activating group) is 1.